The number of aliphatic hydroxyl groups excluding tert-OH is 1. The first-order valence-corrected chi connectivity index (χ1v) is 7.70. The second-order valence-electron chi connectivity index (χ2n) is 5.62. The number of aliphatic hydroxyl groups is 1. The van der Waals surface area contributed by atoms with Crippen molar-refractivity contribution < 1.29 is 5.11 Å². The van der Waals surface area contributed by atoms with E-state index in [2.05, 4.69) is 24.4 Å². The molecule has 1 aromatic rings. The van der Waals surface area contributed by atoms with E-state index in [0.717, 1.165) is 24.4 Å². The standard InChI is InChI=1S/C16H24ClNO/c1-2-12(6-7-19)11-18-16-9-14(10-16)13-4-3-5-15(17)8-13/h3-5,8,12,14,16,18-19H,2,6-7,9-11H2,1H3. The first-order valence-electron chi connectivity index (χ1n) is 7.32. The first kappa shape index (κ1) is 14.8. The molecule has 0 spiro atoms. The van der Waals surface area contributed by atoms with Gasteiger partial charge in [0.15, 0.2) is 0 Å². The van der Waals surface area contributed by atoms with E-state index in [4.69, 9.17) is 16.7 Å². The number of rotatable bonds is 7. The number of hydrogen-bond acceptors (Lipinski definition) is 2. The van der Waals surface area contributed by atoms with Crippen molar-refractivity contribution in [2.24, 2.45) is 5.92 Å². The van der Waals surface area contributed by atoms with Gasteiger partial charge in [-0.3, -0.25) is 0 Å². The lowest BCUT2D eigenvalue weighted by Gasteiger charge is -2.37. The molecule has 1 atom stereocenters. The van der Waals surface area contributed by atoms with E-state index in [-0.39, 0.29) is 0 Å². The fourth-order valence-electron chi connectivity index (χ4n) is 2.78. The average molecular weight is 282 g/mol. The minimum absolute atomic E-state index is 0.302. The Balaban J connectivity index is 1.71. The average Bonchev–Trinajstić information content (AvgIpc) is 2.35. The second-order valence-corrected chi connectivity index (χ2v) is 6.05. The van der Waals surface area contributed by atoms with Crippen molar-refractivity contribution in [1.82, 2.24) is 5.32 Å². The van der Waals surface area contributed by atoms with Gasteiger partial charge in [0.1, 0.15) is 0 Å². The number of nitrogens with one attached hydrogen (secondary N) is 1. The van der Waals surface area contributed by atoms with Crippen molar-refractivity contribution in [2.75, 3.05) is 13.2 Å². The van der Waals surface area contributed by atoms with Crippen LogP contribution in [0.4, 0.5) is 0 Å². The summed E-state index contributed by atoms with van der Waals surface area (Å²) in [6.45, 7) is 3.53. The summed E-state index contributed by atoms with van der Waals surface area (Å²) in [5, 5.41) is 13.4. The SMILES string of the molecule is CCC(CCO)CNC1CC(c2cccc(Cl)c2)C1. The monoisotopic (exact) mass is 281 g/mol. The highest BCUT2D eigenvalue weighted by atomic mass is 35.5. The molecule has 0 heterocycles. The van der Waals surface area contributed by atoms with Crippen LogP contribution >= 0.6 is 11.6 Å². The minimum Gasteiger partial charge on any atom is -0.396 e. The fraction of sp³-hybridized carbons (Fsp3) is 0.625. The van der Waals surface area contributed by atoms with E-state index in [9.17, 15) is 0 Å². The maximum Gasteiger partial charge on any atom is 0.0434 e. The lowest BCUT2D eigenvalue weighted by molar-refractivity contribution is 0.231. The van der Waals surface area contributed by atoms with E-state index in [0.29, 0.717) is 24.5 Å². The summed E-state index contributed by atoms with van der Waals surface area (Å²) in [6.07, 6.45) is 4.46. The Hall–Kier alpha value is -0.570. The third-order valence-corrected chi connectivity index (χ3v) is 4.50. The summed E-state index contributed by atoms with van der Waals surface area (Å²) in [7, 11) is 0. The molecule has 0 saturated heterocycles. The van der Waals surface area contributed by atoms with Gasteiger partial charge in [-0.2, -0.15) is 0 Å². The normalized spacial score (nSPS) is 23.9. The van der Waals surface area contributed by atoms with Crippen LogP contribution in [0.5, 0.6) is 0 Å². The molecule has 2 rings (SSSR count). The zero-order valence-electron chi connectivity index (χ0n) is 11.6. The van der Waals surface area contributed by atoms with Crippen LogP contribution in [0.1, 0.15) is 44.1 Å². The molecule has 0 aromatic heterocycles. The highest BCUT2D eigenvalue weighted by molar-refractivity contribution is 6.30. The Morgan fingerprint density at radius 1 is 1.42 bits per heavy atom. The largest absolute Gasteiger partial charge is 0.396 e. The molecule has 2 N–H and O–H groups in total. The maximum atomic E-state index is 8.98. The Kier molecular flexibility index (Phi) is 5.68. The van der Waals surface area contributed by atoms with Gasteiger partial charge in [-0.25, -0.2) is 0 Å². The van der Waals surface area contributed by atoms with Gasteiger partial charge in [-0.05, 0) is 55.3 Å². The van der Waals surface area contributed by atoms with Crippen LogP contribution < -0.4 is 5.32 Å². The van der Waals surface area contributed by atoms with E-state index >= 15 is 0 Å². The van der Waals surface area contributed by atoms with Gasteiger partial charge < -0.3 is 10.4 Å². The Morgan fingerprint density at radius 2 is 2.21 bits per heavy atom. The summed E-state index contributed by atoms with van der Waals surface area (Å²) < 4.78 is 0. The molecule has 1 aliphatic rings. The summed E-state index contributed by atoms with van der Waals surface area (Å²) in [6, 6.07) is 8.86. The molecule has 0 bridgehead atoms. The molecular formula is C16H24ClNO. The molecule has 106 valence electrons. The smallest absolute Gasteiger partial charge is 0.0434 e. The van der Waals surface area contributed by atoms with Crippen LogP contribution in [0.25, 0.3) is 0 Å². The zero-order chi connectivity index (χ0) is 13.7. The minimum atomic E-state index is 0.302. The molecule has 3 heteroatoms. The molecule has 0 amide bonds. The van der Waals surface area contributed by atoms with Crippen molar-refractivity contribution in [3.63, 3.8) is 0 Å². The van der Waals surface area contributed by atoms with Crippen molar-refractivity contribution >= 4 is 11.6 Å². The maximum absolute atomic E-state index is 8.98. The van der Waals surface area contributed by atoms with Crippen LogP contribution in [0.3, 0.4) is 0 Å². The fourth-order valence-corrected chi connectivity index (χ4v) is 2.98. The number of hydrogen-bond donors (Lipinski definition) is 2. The van der Waals surface area contributed by atoms with Gasteiger partial charge in [0.05, 0.1) is 0 Å². The van der Waals surface area contributed by atoms with Crippen LogP contribution in [0.15, 0.2) is 24.3 Å². The van der Waals surface area contributed by atoms with Crippen molar-refractivity contribution in [1.29, 1.82) is 0 Å². The summed E-state index contributed by atoms with van der Waals surface area (Å²) in [4.78, 5) is 0. The molecule has 1 unspecified atom stereocenters. The van der Waals surface area contributed by atoms with Gasteiger partial charge in [0, 0.05) is 17.7 Å². The van der Waals surface area contributed by atoms with E-state index in [1.165, 1.54) is 18.4 Å². The molecule has 19 heavy (non-hydrogen) atoms. The summed E-state index contributed by atoms with van der Waals surface area (Å²) in [5.41, 5.74) is 1.37. The Bertz CT molecular complexity index is 390. The predicted octanol–water partition coefficient (Wildman–Crippen LogP) is 3.58. The predicted molar refractivity (Wildman–Crippen MR) is 80.7 cm³/mol. The number of halogens is 1. The molecule has 1 aromatic carbocycles. The first-order chi connectivity index (χ1) is 9.22. The molecular weight excluding hydrogens is 258 g/mol. The highest BCUT2D eigenvalue weighted by Crippen LogP contribution is 2.37. The van der Waals surface area contributed by atoms with Crippen molar-refractivity contribution in [3.05, 3.63) is 34.9 Å². The molecule has 1 fully saturated rings. The number of benzene rings is 1. The Labute approximate surface area is 121 Å². The summed E-state index contributed by atoms with van der Waals surface area (Å²) in [5.74, 6) is 1.27. The molecule has 1 aliphatic carbocycles. The lowest BCUT2D eigenvalue weighted by atomic mass is 9.75. The topological polar surface area (TPSA) is 32.3 Å². The van der Waals surface area contributed by atoms with Gasteiger partial charge in [-0.15, -0.1) is 0 Å². The van der Waals surface area contributed by atoms with Gasteiger partial charge in [0.25, 0.3) is 0 Å². The molecule has 1 saturated carbocycles. The lowest BCUT2D eigenvalue weighted by Crippen LogP contribution is -2.42. The van der Waals surface area contributed by atoms with E-state index < -0.39 is 0 Å². The quantitative estimate of drug-likeness (QED) is 0.801. The van der Waals surface area contributed by atoms with Crippen molar-refractivity contribution in [3.8, 4) is 0 Å². The molecule has 0 aliphatic heterocycles. The van der Waals surface area contributed by atoms with Crippen LogP contribution in [0, 0.1) is 5.92 Å². The highest BCUT2D eigenvalue weighted by Gasteiger charge is 2.30. The van der Waals surface area contributed by atoms with Gasteiger partial charge >= 0.3 is 0 Å². The summed E-state index contributed by atoms with van der Waals surface area (Å²) >= 11 is 6.02. The van der Waals surface area contributed by atoms with Crippen molar-refractivity contribution in [2.45, 2.75) is 44.6 Å². The van der Waals surface area contributed by atoms with Crippen LogP contribution in [-0.4, -0.2) is 24.3 Å². The van der Waals surface area contributed by atoms with Crippen LogP contribution in [0.2, 0.25) is 5.02 Å². The third kappa shape index (κ3) is 4.20. The molecule has 2 nitrogen and oxygen atoms in total. The molecule has 0 radical (unpaired) electrons. The second kappa shape index (κ2) is 7.28. The zero-order valence-corrected chi connectivity index (χ0v) is 12.4. The third-order valence-electron chi connectivity index (χ3n) is 4.27. The van der Waals surface area contributed by atoms with Gasteiger partial charge in [0.2, 0.25) is 0 Å². The van der Waals surface area contributed by atoms with Gasteiger partial charge in [-0.1, -0.05) is 37.1 Å². The van der Waals surface area contributed by atoms with E-state index in [1.54, 1.807) is 0 Å². The van der Waals surface area contributed by atoms with Crippen LogP contribution in [-0.2, 0) is 0 Å². The van der Waals surface area contributed by atoms with E-state index in [1.807, 2.05) is 12.1 Å². The Morgan fingerprint density at radius 3 is 2.84 bits per heavy atom.